The number of ether oxygens (including phenoxy) is 2. The predicted molar refractivity (Wildman–Crippen MR) is 77.9 cm³/mol. The molecular weight excluding hydrogens is 284 g/mol. The number of hydrogen-bond donors (Lipinski definition) is 1. The van der Waals surface area contributed by atoms with Gasteiger partial charge in [0.05, 0.1) is 5.52 Å². The molecule has 0 radical (unpaired) electrons. The highest BCUT2D eigenvalue weighted by molar-refractivity contribution is 6.02. The van der Waals surface area contributed by atoms with Gasteiger partial charge < -0.3 is 14.8 Å². The molecule has 22 heavy (non-hydrogen) atoms. The van der Waals surface area contributed by atoms with Crippen molar-refractivity contribution in [2.45, 2.75) is 0 Å². The Hall–Kier alpha value is -3.22. The minimum Gasteiger partial charge on any atom is -0.454 e. The van der Waals surface area contributed by atoms with Crippen molar-refractivity contribution in [3.8, 4) is 11.5 Å². The van der Waals surface area contributed by atoms with Gasteiger partial charge in [-0.05, 0) is 24.3 Å². The summed E-state index contributed by atoms with van der Waals surface area (Å²) < 4.78 is 10.5. The predicted octanol–water partition coefficient (Wildman–Crippen LogP) is 2.01. The molecule has 1 N–H and O–H groups in total. The molecule has 0 fully saturated rings. The number of nitrogens with zero attached hydrogens (tertiary/aromatic N) is 3. The monoisotopic (exact) mass is 294 g/mol. The fourth-order valence-electron chi connectivity index (χ4n) is 2.14. The Morgan fingerprint density at radius 3 is 2.73 bits per heavy atom. The molecular formula is C15H10N4O3. The van der Waals surface area contributed by atoms with Gasteiger partial charge in [-0.25, -0.2) is 4.98 Å². The second-order valence-corrected chi connectivity index (χ2v) is 4.65. The number of aromatic nitrogens is 3. The van der Waals surface area contributed by atoms with Crippen LogP contribution in [-0.2, 0) is 0 Å². The second kappa shape index (κ2) is 4.96. The van der Waals surface area contributed by atoms with E-state index in [-0.39, 0.29) is 12.6 Å². The maximum atomic E-state index is 12.2. The van der Waals surface area contributed by atoms with Crippen LogP contribution in [0.1, 0.15) is 10.6 Å². The SMILES string of the molecule is O=C(Nc1ccc2c(c1)OCO2)c1nnc2ccccc2n1. The zero-order valence-electron chi connectivity index (χ0n) is 11.3. The zero-order chi connectivity index (χ0) is 14.9. The van der Waals surface area contributed by atoms with E-state index in [0.717, 1.165) is 0 Å². The molecule has 1 aliphatic heterocycles. The van der Waals surface area contributed by atoms with E-state index in [0.29, 0.717) is 28.2 Å². The number of carbonyl (C=O) groups is 1. The summed E-state index contributed by atoms with van der Waals surface area (Å²) in [5.74, 6) is 0.825. The molecule has 1 aliphatic rings. The Labute approximate surface area is 124 Å². The van der Waals surface area contributed by atoms with Crippen molar-refractivity contribution >= 4 is 22.6 Å². The summed E-state index contributed by atoms with van der Waals surface area (Å²) in [5, 5.41) is 10.5. The van der Waals surface area contributed by atoms with Crippen LogP contribution in [0, 0.1) is 0 Å². The molecule has 0 aliphatic carbocycles. The number of carbonyl (C=O) groups excluding carboxylic acids is 1. The lowest BCUT2D eigenvalue weighted by atomic mass is 10.2. The van der Waals surface area contributed by atoms with E-state index in [1.54, 1.807) is 30.3 Å². The second-order valence-electron chi connectivity index (χ2n) is 4.65. The van der Waals surface area contributed by atoms with Crippen LogP contribution in [0.5, 0.6) is 11.5 Å². The molecule has 0 saturated carbocycles. The number of benzene rings is 2. The molecule has 4 rings (SSSR count). The summed E-state index contributed by atoms with van der Waals surface area (Å²) in [4.78, 5) is 16.4. The number of para-hydroxylation sites is 1. The maximum absolute atomic E-state index is 12.2. The molecule has 0 saturated heterocycles. The molecule has 7 heteroatoms. The first kappa shape index (κ1) is 12.5. The van der Waals surface area contributed by atoms with E-state index in [1.165, 1.54) is 0 Å². The normalized spacial score (nSPS) is 12.4. The molecule has 108 valence electrons. The van der Waals surface area contributed by atoms with Crippen molar-refractivity contribution < 1.29 is 14.3 Å². The van der Waals surface area contributed by atoms with E-state index >= 15 is 0 Å². The van der Waals surface area contributed by atoms with Gasteiger partial charge in [-0.1, -0.05) is 12.1 Å². The lowest BCUT2D eigenvalue weighted by molar-refractivity contribution is 0.101. The fraction of sp³-hybridized carbons (Fsp3) is 0.0667. The van der Waals surface area contributed by atoms with Gasteiger partial charge in [0.15, 0.2) is 11.5 Å². The van der Waals surface area contributed by atoms with Crippen LogP contribution in [0.3, 0.4) is 0 Å². The number of anilines is 1. The number of nitrogens with one attached hydrogen (secondary N) is 1. The Kier molecular flexibility index (Phi) is 2.82. The molecule has 1 amide bonds. The van der Waals surface area contributed by atoms with Gasteiger partial charge in [-0.15, -0.1) is 10.2 Å². The summed E-state index contributed by atoms with van der Waals surface area (Å²) in [6, 6.07) is 12.4. The fourth-order valence-corrected chi connectivity index (χ4v) is 2.14. The van der Waals surface area contributed by atoms with Crippen LogP contribution in [-0.4, -0.2) is 27.9 Å². The first-order chi connectivity index (χ1) is 10.8. The van der Waals surface area contributed by atoms with Gasteiger partial charge in [0.25, 0.3) is 5.91 Å². The van der Waals surface area contributed by atoms with E-state index in [9.17, 15) is 4.79 Å². The third kappa shape index (κ3) is 2.18. The molecule has 0 atom stereocenters. The summed E-state index contributed by atoms with van der Waals surface area (Å²) in [6.45, 7) is 0.185. The summed E-state index contributed by atoms with van der Waals surface area (Å²) >= 11 is 0. The number of hydrogen-bond acceptors (Lipinski definition) is 6. The van der Waals surface area contributed by atoms with Crippen LogP contribution in [0.4, 0.5) is 5.69 Å². The summed E-state index contributed by atoms with van der Waals surface area (Å²) in [6.07, 6.45) is 0. The minimum absolute atomic E-state index is 0.0105. The van der Waals surface area contributed by atoms with E-state index in [4.69, 9.17) is 9.47 Å². The zero-order valence-corrected chi connectivity index (χ0v) is 11.3. The van der Waals surface area contributed by atoms with Crippen LogP contribution in [0.15, 0.2) is 42.5 Å². The van der Waals surface area contributed by atoms with Gasteiger partial charge in [-0.3, -0.25) is 4.79 Å². The molecule has 2 aromatic carbocycles. The van der Waals surface area contributed by atoms with Gasteiger partial charge in [0.1, 0.15) is 5.52 Å². The highest BCUT2D eigenvalue weighted by atomic mass is 16.7. The van der Waals surface area contributed by atoms with Gasteiger partial charge in [0, 0.05) is 11.8 Å². The smallest absolute Gasteiger partial charge is 0.295 e. The lowest BCUT2D eigenvalue weighted by Gasteiger charge is -2.05. The highest BCUT2D eigenvalue weighted by Crippen LogP contribution is 2.34. The Morgan fingerprint density at radius 1 is 1.00 bits per heavy atom. The lowest BCUT2D eigenvalue weighted by Crippen LogP contribution is -2.16. The average molecular weight is 294 g/mol. The van der Waals surface area contributed by atoms with E-state index < -0.39 is 5.91 Å². The summed E-state index contributed by atoms with van der Waals surface area (Å²) in [5.41, 5.74) is 1.83. The summed E-state index contributed by atoms with van der Waals surface area (Å²) in [7, 11) is 0. The molecule has 7 nitrogen and oxygen atoms in total. The Bertz CT molecular complexity index is 882. The third-order valence-electron chi connectivity index (χ3n) is 3.19. The molecule has 0 unspecified atom stereocenters. The van der Waals surface area contributed by atoms with Gasteiger partial charge >= 0.3 is 0 Å². The topological polar surface area (TPSA) is 86.2 Å². The molecule has 0 spiro atoms. The molecule has 3 aromatic rings. The van der Waals surface area contributed by atoms with E-state index in [2.05, 4.69) is 20.5 Å². The standard InChI is InChI=1S/C15H10N4O3/c20-15(14-17-10-3-1-2-4-11(10)18-19-14)16-9-5-6-12-13(7-9)22-8-21-12/h1-7H,8H2,(H,16,20). The number of rotatable bonds is 2. The van der Waals surface area contributed by atoms with Crippen LogP contribution < -0.4 is 14.8 Å². The van der Waals surface area contributed by atoms with Gasteiger partial charge in [-0.2, -0.15) is 0 Å². The maximum Gasteiger partial charge on any atom is 0.295 e. The largest absolute Gasteiger partial charge is 0.454 e. The van der Waals surface area contributed by atoms with Crippen molar-refractivity contribution in [1.29, 1.82) is 0 Å². The average Bonchev–Trinajstić information content (AvgIpc) is 3.02. The van der Waals surface area contributed by atoms with Crippen LogP contribution in [0.25, 0.3) is 11.0 Å². The quantitative estimate of drug-likeness (QED) is 0.778. The van der Waals surface area contributed by atoms with E-state index in [1.807, 2.05) is 12.1 Å². The highest BCUT2D eigenvalue weighted by Gasteiger charge is 2.16. The van der Waals surface area contributed by atoms with Crippen molar-refractivity contribution in [1.82, 2.24) is 15.2 Å². The Morgan fingerprint density at radius 2 is 1.82 bits per heavy atom. The number of fused-ring (bicyclic) bond motifs is 2. The number of amides is 1. The van der Waals surface area contributed by atoms with Crippen LogP contribution >= 0.6 is 0 Å². The van der Waals surface area contributed by atoms with Gasteiger partial charge in [0.2, 0.25) is 12.6 Å². The van der Waals surface area contributed by atoms with Crippen LogP contribution in [0.2, 0.25) is 0 Å². The van der Waals surface area contributed by atoms with Crippen molar-refractivity contribution in [2.75, 3.05) is 12.1 Å². The molecule has 2 heterocycles. The first-order valence-corrected chi connectivity index (χ1v) is 6.60. The third-order valence-corrected chi connectivity index (χ3v) is 3.19. The Balaban J connectivity index is 1.60. The molecule has 0 bridgehead atoms. The minimum atomic E-state index is -0.433. The first-order valence-electron chi connectivity index (χ1n) is 6.60. The van der Waals surface area contributed by atoms with Crippen molar-refractivity contribution in [2.24, 2.45) is 0 Å². The van der Waals surface area contributed by atoms with Crippen molar-refractivity contribution in [3.05, 3.63) is 48.3 Å². The van der Waals surface area contributed by atoms with Crippen molar-refractivity contribution in [3.63, 3.8) is 0 Å². The molecule has 1 aromatic heterocycles.